The third kappa shape index (κ3) is 3.93. The van der Waals surface area contributed by atoms with E-state index in [4.69, 9.17) is 15.4 Å². The summed E-state index contributed by atoms with van der Waals surface area (Å²) in [6, 6.07) is 3.07. The number of hydrogen-bond donors (Lipinski definition) is 1. The second-order valence-corrected chi connectivity index (χ2v) is 7.74. The molecule has 8 heteroatoms. The Bertz CT molecular complexity index is 656. The first-order valence-corrected chi connectivity index (χ1v) is 8.67. The third-order valence-electron chi connectivity index (χ3n) is 3.47. The van der Waals surface area contributed by atoms with Crippen LogP contribution >= 0.6 is 10.7 Å². The molecule has 0 spiro atoms. The maximum Gasteiger partial charge on any atom is 0.264 e. The summed E-state index contributed by atoms with van der Waals surface area (Å²) >= 11 is 0. The molecular formula is C13H15ClFNO4S. The standard InChI is InChI=1S/C13H15ClFNO4S/c1-13(4-6-20-7-5-13)16-12(17)9-2-3-10(15)11(8-9)21(14,18)19/h2-3,8H,4-7H2,1H3,(H,16,17). The van der Waals surface area contributed by atoms with E-state index in [0.29, 0.717) is 26.1 Å². The van der Waals surface area contributed by atoms with E-state index in [2.05, 4.69) is 5.32 Å². The Labute approximate surface area is 126 Å². The number of carbonyl (C=O) groups is 1. The second kappa shape index (κ2) is 5.90. The van der Waals surface area contributed by atoms with E-state index in [-0.39, 0.29) is 5.56 Å². The van der Waals surface area contributed by atoms with Crippen LogP contribution in [0.15, 0.2) is 23.1 Å². The lowest BCUT2D eigenvalue weighted by molar-refractivity contribution is 0.0423. The molecular weight excluding hydrogens is 321 g/mol. The quantitative estimate of drug-likeness (QED) is 0.858. The van der Waals surface area contributed by atoms with Crippen LogP contribution in [0.3, 0.4) is 0 Å². The van der Waals surface area contributed by atoms with Crippen LogP contribution in [0.4, 0.5) is 4.39 Å². The zero-order valence-corrected chi connectivity index (χ0v) is 12.9. The number of benzene rings is 1. The Morgan fingerprint density at radius 1 is 1.38 bits per heavy atom. The number of hydrogen-bond acceptors (Lipinski definition) is 4. The van der Waals surface area contributed by atoms with Crippen LogP contribution in [0, 0.1) is 5.82 Å². The molecule has 1 aliphatic rings. The van der Waals surface area contributed by atoms with Gasteiger partial charge < -0.3 is 10.1 Å². The molecule has 2 rings (SSSR count). The Morgan fingerprint density at radius 2 is 2.00 bits per heavy atom. The fraction of sp³-hybridized carbons (Fsp3) is 0.462. The van der Waals surface area contributed by atoms with Gasteiger partial charge in [-0.05, 0) is 38.0 Å². The molecule has 1 saturated heterocycles. The molecule has 1 aromatic rings. The zero-order valence-electron chi connectivity index (χ0n) is 11.4. The molecule has 5 nitrogen and oxygen atoms in total. The molecule has 0 aliphatic carbocycles. The molecule has 116 valence electrons. The van der Waals surface area contributed by atoms with Crippen molar-refractivity contribution in [2.45, 2.75) is 30.2 Å². The van der Waals surface area contributed by atoms with Gasteiger partial charge in [0.2, 0.25) is 0 Å². The van der Waals surface area contributed by atoms with Crippen molar-refractivity contribution in [3.05, 3.63) is 29.6 Å². The van der Waals surface area contributed by atoms with E-state index in [0.717, 1.165) is 12.1 Å². The van der Waals surface area contributed by atoms with Crippen LogP contribution in [0.25, 0.3) is 0 Å². The summed E-state index contributed by atoms with van der Waals surface area (Å²) in [7, 11) is 0.903. The molecule has 1 heterocycles. The second-order valence-electron chi connectivity index (χ2n) is 5.21. The molecule has 0 unspecified atom stereocenters. The molecule has 1 fully saturated rings. The maximum absolute atomic E-state index is 13.5. The summed E-state index contributed by atoms with van der Waals surface area (Å²) in [5.74, 6) is -1.46. The summed E-state index contributed by atoms with van der Waals surface area (Å²) in [6.45, 7) is 2.97. The Morgan fingerprint density at radius 3 is 2.57 bits per heavy atom. The molecule has 0 atom stereocenters. The van der Waals surface area contributed by atoms with Gasteiger partial charge in [-0.2, -0.15) is 0 Å². The Hall–Kier alpha value is -1.18. The van der Waals surface area contributed by atoms with Gasteiger partial charge >= 0.3 is 0 Å². The Kier molecular flexibility index (Phi) is 4.55. The largest absolute Gasteiger partial charge is 0.381 e. The van der Waals surface area contributed by atoms with Gasteiger partial charge in [0.05, 0.1) is 0 Å². The van der Waals surface area contributed by atoms with Gasteiger partial charge in [-0.1, -0.05) is 0 Å². The van der Waals surface area contributed by atoms with Gasteiger partial charge in [0.15, 0.2) is 0 Å². The van der Waals surface area contributed by atoms with E-state index >= 15 is 0 Å². The fourth-order valence-corrected chi connectivity index (χ4v) is 3.05. The average Bonchev–Trinajstić information content (AvgIpc) is 2.38. The smallest absolute Gasteiger partial charge is 0.264 e. The molecule has 1 N–H and O–H groups in total. The SMILES string of the molecule is CC1(NC(=O)c2ccc(F)c(S(=O)(=O)Cl)c2)CCOCC1. The molecule has 1 amide bonds. The number of rotatable bonds is 3. The molecule has 21 heavy (non-hydrogen) atoms. The molecule has 1 aromatic carbocycles. The summed E-state index contributed by atoms with van der Waals surface area (Å²) in [5.41, 5.74) is -0.382. The van der Waals surface area contributed by atoms with Crippen LogP contribution in [0.1, 0.15) is 30.1 Å². The fourth-order valence-electron chi connectivity index (χ4n) is 2.12. The first-order valence-electron chi connectivity index (χ1n) is 6.36. The predicted molar refractivity (Wildman–Crippen MR) is 75.4 cm³/mol. The maximum atomic E-state index is 13.5. The first kappa shape index (κ1) is 16.2. The van der Waals surface area contributed by atoms with E-state index < -0.39 is 31.2 Å². The highest BCUT2D eigenvalue weighted by molar-refractivity contribution is 8.13. The minimum atomic E-state index is -4.24. The monoisotopic (exact) mass is 335 g/mol. The lowest BCUT2D eigenvalue weighted by Gasteiger charge is -2.34. The van der Waals surface area contributed by atoms with Crippen LogP contribution in [-0.2, 0) is 13.8 Å². The van der Waals surface area contributed by atoms with Crippen LogP contribution in [-0.4, -0.2) is 33.1 Å². The normalized spacial score (nSPS) is 18.2. The zero-order chi connectivity index (χ0) is 15.7. The van der Waals surface area contributed by atoms with Gasteiger partial charge in [0.1, 0.15) is 10.7 Å². The summed E-state index contributed by atoms with van der Waals surface area (Å²) in [6.07, 6.45) is 1.31. The lowest BCUT2D eigenvalue weighted by Crippen LogP contribution is -2.49. The number of ether oxygens (including phenoxy) is 1. The van der Waals surface area contributed by atoms with Crippen molar-refractivity contribution < 1.29 is 22.3 Å². The van der Waals surface area contributed by atoms with Crippen molar-refractivity contribution in [3.63, 3.8) is 0 Å². The van der Waals surface area contributed by atoms with Gasteiger partial charge in [0, 0.05) is 35.0 Å². The van der Waals surface area contributed by atoms with Crippen LogP contribution < -0.4 is 5.32 Å². The highest BCUT2D eigenvalue weighted by atomic mass is 35.7. The van der Waals surface area contributed by atoms with E-state index in [1.165, 1.54) is 6.07 Å². The summed E-state index contributed by atoms with van der Waals surface area (Å²) in [5, 5.41) is 2.83. The molecule has 0 radical (unpaired) electrons. The molecule has 1 aliphatic heterocycles. The topological polar surface area (TPSA) is 72.5 Å². The van der Waals surface area contributed by atoms with E-state index in [1.807, 2.05) is 6.92 Å². The van der Waals surface area contributed by atoms with Gasteiger partial charge in [0.25, 0.3) is 15.0 Å². The van der Waals surface area contributed by atoms with Gasteiger partial charge in [-0.15, -0.1) is 0 Å². The average molecular weight is 336 g/mol. The van der Waals surface area contributed by atoms with Gasteiger partial charge in [-0.25, -0.2) is 12.8 Å². The summed E-state index contributed by atoms with van der Waals surface area (Å²) in [4.78, 5) is 11.5. The number of carbonyl (C=O) groups excluding carboxylic acids is 1. The van der Waals surface area contributed by atoms with Crippen molar-refractivity contribution in [3.8, 4) is 0 Å². The van der Waals surface area contributed by atoms with Crippen molar-refractivity contribution in [1.29, 1.82) is 0 Å². The van der Waals surface area contributed by atoms with Gasteiger partial charge in [-0.3, -0.25) is 4.79 Å². The number of nitrogens with one attached hydrogen (secondary N) is 1. The van der Waals surface area contributed by atoms with Crippen molar-refractivity contribution in [1.82, 2.24) is 5.32 Å². The molecule has 0 bridgehead atoms. The van der Waals surface area contributed by atoms with E-state index in [9.17, 15) is 17.6 Å². The van der Waals surface area contributed by atoms with Crippen molar-refractivity contribution in [2.24, 2.45) is 0 Å². The molecule has 0 saturated carbocycles. The first-order chi connectivity index (χ1) is 9.71. The number of amides is 1. The summed E-state index contributed by atoms with van der Waals surface area (Å²) < 4.78 is 41.2. The van der Waals surface area contributed by atoms with Crippen LogP contribution in [0.2, 0.25) is 0 Å². The van der Waals surface area contributed by atoms with Crippen LogP contribution in [0.5, 0.6) is 0 Å². The minimum absolute atomic E-state index is 0.0448. The lowest BCUT2D eigenvalue weighted by atomic mass is 9.92. The Balaban J connectivity index is 2.24. The molecule has 0 aromatic heterocycles. The highest BCUT2D eigenvalue weighted by Crippen LogP contribution is 2.23. The van der Waals surface area contributed by atoms with E-state index in [1.54, 1.807) is 0 Å². The highest BCUT2D eigenvalue weighted by Gasteiger charge is 2.29. The van der Waals surface area contributed by atoms with Crippen molar-refractivity contribution in [2.75, 3.05) is 13.2 Å². The van der Waals surface area contributed by atoms with Crippen molar-refractivity contribution >= 4 is 25.6 Å². The number of halogens is 2. The third-order valence-corrected chi connectivity index (χ3v) is 4.80. The minimum Gasteiger partial charge on any atom is -0.381 e. The predicted octanol–water partition coefficient (Wildman–Crippen LogP) is 2.05.